The Morgan fingerprint density at radius 3 is 2.88 bits per heavy atom. The number of aromatic amines is 1. The molecule has 7 nitrogen and oxygen atoms in total. The average Bonchev–Trinajstić information content (AvgIpc) is 3.41. The summed E-state index contributed by atoms with van der Waals surface area (Å²) in [6, 6.07) is 13.8. The number of rotatable bonds is 8. The molecule has 2 amide bonds. The topological polar surface area (TPSA) is 111 Å². The molecule has 32 heavy (non-hydrogen) atoms. The first kappa shape index (κ1) is 21.8. The highest BCUT2D eigenvalue weighted by molar-refractivity contribution is 5.90. The Kier molecular flexibility index (Phi) is 6.39. The van der Waals surface area contributed by atoms with E-state index in [4.69, 9.17) is 10.9 Å². The van der Waals surface area contributed by atoms with Gasteiger partial charge in [-0.1, -0.05) is 43.3 Å². The molecule has 1 unspecified atom stereocenters. The molecule has 1 heterocycles. The molecule has 166 valence electrons. The maximum Gasteiger partial charge on any atom is 0.267 e. The van der Waals surface area contributed by atoms with Gasteiger partial charge in [0.15, 0.2) is 0 Å². The minimum Gasteiger partial charge on any atom is -0.368 e. The molecule has 7 heteroatoms. The number of carbonyl (C=O) groups excluding carboxylic acids is 2. The number of hydroxylamine groups is 1. The number of hydrogen-bond acceptors (Lipinski definition) is 4. The summed E-state index contributed by atoms with van der Waals surface area (Å²) in [6.07, 6.45) is 7.28. The molecule has 1 aliphatic rings. The van der Waals surface area contributed by atoms with Crippen LogP contribution in [0.3, 0.4) is 0 Å². The third-order valence-electron chi connectivity index (χ3n) is 6.33. The van der Waals surface area contributed by atoms with Crippen LogP contribution in [0.25, 0.3) is 17.0 Å². The lowest BCUT2D eigenvalue weighted by atomic mass is 9.98. The van der Waals surface area contributed by atoms with Crippen LogP contribution in [-0.4, -0.2) is 39.5 Å². The highest BCUT2D eigenvalue weighted by Gasteiger charge is 2.34. The zero-order valence-electron chi connectivity index (χ0n) is 18.0. The summed E-state index contributed by atoms with van der Waals surface area (Å²) in [6.45, 7) is 2.77. The first-order valence-electron chi connectivity index (χ1n) is 10.9. The Bertz CT molecular complexity index is 1170. The van der Waals surface area contributed by atoms with E-state index in [1.54, 1.807) is 11.6 Å². The van der Waals surface area contributed by atoms with Crippen molar-refractivity contribution in [3.63, 3.8) is 0 Å². The van der Waals surface area contributed by atoms with Crippen LogP contribution in [0, 0.1) is 0 Å². The number of nitrogens with zero attached hydrogens (tertiary/aromatic N) is 1. The molecule has 5 N–H and O–H groups in total. The van der Waals surface area contributed by atoms with Crippen LogP contribution >= 0.6 is 0 Å². The van der Waals surface area contributed by atoms with Gasteiger partial charge in [0.1, 0.15) is 0 Å². The quantitative estimate of drug-likeness (QED) is 0.249. The Hall–Kier alpha value is -3.42. The first-order valence-corrected chi connectivity index (χ1v) is 10.9. The molecule has 0 spiro atoms. The molecule has 3 aromatic rings. The number of aromatic nitrogens is 1. The van der Waals surface area contributed by atoms with E-state index < -0.39 is 11.9 Å². The van der Waals surface area contributed by atoms with Gasteiger partial charge in [-0.3, -0.25) is 19.7 Å². The third kappa shape index (κ3) is 4.30. The van der Waals surface area contributed by atoms with Crippen LogP contribution in [0.4, 0.5) is 0 Å². The van der Waals surface area contributed by atoms with Crippen LogP contribution in [0.2, 0.25) is 0 Å². The second-order valence-electron chi connectivity index (χ2n) is 8.13. The van der Waals surface area contributed by atoms with Gasteiger partial charge in [-0.15, -0.1) is 0 Å². The maximum absolute atomic E-state index is 12.6. The fraction of sp³-hybridized carbons (Fsp3) is 0.280. The van der Waals surface area contributed by atoms with Crippen molar-refractivity contribution in [1.82, 2.24) is 15.4 Å². The summed E-state index contributed by atoms with van der Waals surface area (Å²) in [5.74, 6) is -0.887. The van der Waals surface area contributed by atoms with Crippen molar-refractivity contribution in [3.05, 3.63) is 77.0 Å². The number of nitrogens with two attached hydrogens (primary N) is 1. The Morgan fingerprint density at radius 2 is 2.12 bits per heavy atom. The number of carbonyl (C=O) groups is 2. The number of aryl methyl sites for hydroxylation is 1. The van der Waals surface area contributed by atoms with Crippen molar-refractivity contribution in [2.45, 2.75) is 38.3 Å². The van der Waals surface area contributed by atoms with E-state index >= 15 is 0 Å². The monoisotopic (exact) mass is 432 g/mol. The predicted octanol–water partition coefficient (Wildman–Crippen LogP) is 3.09. The average molecular weight is 433 g/mol. The lowest BCUT2D eigenvalue weighted by Crippen LogP contribution is -2.47. The molecule has 0 aliphatic heterocycles. The minimum atomic E-state index is -0.567. The Balaban J connectivity index is 1.59. The fourth-order valence-corrected chi connectivity index (χ4v) is 4.82. The predicted molar refractivity (Wildman–Crippen MR) is 124 cm³/mol. The van der Waals surface area contributed by atoms with Gasteiger partial charge >= 0.3 is 0 Å². The highest BCUT2D eigenvalue weighted by atomic mass is 16.5. The van der Waals surface area contributed by atoms with E-state index in [0.717, 1.165) is 34.9 Å². The number of benzene rings is 2. The lowest BCUT2D eigenvalue weighted by molar-refractivity contribution is -0.124. The number of para-hydroxylation sites is 1. The van der Waals surface area contributed by atoms with Gasteiger partial charge in [-0.25, -0.2) is 5.48 Å². The SMILES string of the molecule is CCN(C1CCc2cc(/C=C/C(=O)NO)ccc21)[C@@H](Cc1c[nH]c2ccccc12)C(N)=O. The second kappa shape index (κ2) is 9.38. The van der Waals surface area contributed by atoms with Gasteiger partial charge in [0.2, 0.25) is 5.91 Å². The number of H-pyrrole nitrogens is 1. The lowest BCUT2D eigenvalue weighted by Gasteiger charge is -2.34. The summed E-state index contributed by atoms with van der Waals surface area (Å²) in [4.78, 5) is 29.3. The fourth-order valence-electron chi connectivity index (χ4n) is 4.82. The normalized spacial score (nSPS) is 16.5. The molecule has 0 saturated carbocycles. The van der Waals surface area contributed by atoms with E-state index in [0.29, 0.717) is 13.0 Å². The van der Waals surface area contributed by atoms with Crippen LogP contribution in [0.15, 0.2) is 54.7 Å². The van der Waals surface area contributed by atoms with Crippen LogP contribution < -0.4 is 11.2 Å². The second-order valence-corrected chi connectivity index (χ2v) is 8.13. The summed E-state index contributed by atoms with van der Waals surface area (Å²) in [5, 5.41) is 9.76. The summed E-state index contributed by atoms with van der Waals surface area (Å²) in [5.41, 5.74) is 12.9. The van der Waals surface area contributed by atoms with Crippen molar-refractivity contribution in [2.75, 3.05) is 6.54 Å². The number of nitrogens with one attached hydrogen (secondary N) is 2. The number of likely N-dealkylation sites (N-methyl/N-ethyl adjacent to an activating group) is 1. The zero-order valence-corrected chi connectivity index (χ0v) is 18.0. The van der Waals surface area contributed by atoms with Gasteiger partial charge in [0, 0.05) is 29.2 Å². The summed E-state index contributed by atoms with van der Waals surface area (Å²) in [7, 11) is 0. The first-order chi connectivity index (χ1) is 15.5. The number of hydrogen-bond donors (Lipinski definition) is 4. The van der Waals surface area contributed by atoms with E-state index in [1.807, 2.05) is 30.5 Å². The maximum atomic E-state index is 12.6. The highest BCUT2D eigenvalue weighted by Crippen LogP contribution is 2.38. The van der Waals surface area contributed by atoms with E-state index in [2.05, 4.69) is 35.0 Å². The summed E-state index contributed by atoms with van der Waals surface area (Å²) < 4.78 is 0. The van der Waals surface area contributed by atoms with Crippen LogP contribution in [0.5, 0.6) is 0 Å². The smallest absolute Gasteiger partial charge is 0.267 e. The van der Waals surface area contributed by atoms with Gasteiger partial charge in [0.05, 0.1) is 6.04 Å². The van der Waals surface area contributed by atoms with Gasteiger partial charge in [-0.05, 0) is 60.2 Å². The molecular weight excluding hydrogens is 404 g/mol. The molecule has 2 atom stereocenters. The van der Waals surface area contributed by atoms with Crippen molar-refractivity contribution in [2.24, 2.45) is 5.73 Å². The van der Waals surface area contributed by atoms with Gasteiger partial charge in [0.25, 0.3) is 5.91 Å². The van der Waals surface area contributed by atoms with Gasteiger partial charge in [-0.2, -0.15) is 0 Å². The van der Waals surface area contributed by atoms with Gasteiger partial charge < -0.3 is 10.7 Å². The zero-order chi connectivity index (χ0) is 22.7. The molecule has 1 aliphatic carbocycles. The number of fused-ring (bicyclic) bond motifs is 2. The number of primary amides is 1. The largest absolute Gasteiger partial charge is 0.368 e. The standard InChI is InChI=1S/C25H28N4O3/c1-2-29(23(25(26)31)14-18-15-27-21-6-4-3-5-19(18)21)22-11-9-17-13-16(7-10-20(17)22)8-12-24(30)28-32/h3-8,10,12-13,15,22-23,27,32H,2,9,11,14H2,1H3,(H2,26,31)(H,28,30)/b12-8+/t22?,23-/m0/s1. The Morgan fingerprint density at radius 1 is 1.31 bits per heavy atom. The van der Waals surface area contributed by atoms with E-state index in [-0.39, 0.29) is 11.9 Å². The molecule has 0 saturated heterocycles. The third-order valence-corrected chi connectivity index (χ3v) is 6.33. The number of amides is 2. The molecule has 4 rings (SSSR count). The molecule has 0 fully saturated rings. The minimum absolute atomic E-state index is 0.108. The van der Waals surface area contributed by atoms with Crippen molar-refractivity contribution in [3.8, 4) is 0 Å². The van der Waals surface area contributed by atoms with Crippen molar-refractivity contribution in [1.29, 1.82) is 0 Å². The van der Waals surface area contributed by atoms with Crippen LogP contribution in [0.1, 0.15) is 41.6 Å². The van der Waals surface area contributed by atoms with Crippen LogP contribution in [-0.2, 0) is 22.4 Å². The van der Waals surface area contributed by atoms with E-state index in [1.165, 1.54) is 17.2 Å². The molecule has 0 bridgehead atoms. The molecule has 2 aromatic carbocycles. The van der Waals surface area contributed by atoms with Crippen molar-refractivity contribution < 1.29 is 14.8 Å². The van der Waals surface area contributed by atoms with E-state index in [9.17, 15) is 9.59 Å². The van der Waals surface area contributed by atoms with Crippen molar-refractivity contribution >= 4 is 28.8 Å². The Labute approximate surface area is 186 Å². The molecule has 0 radical (unpaired) electrons. The molecular formula is C25H28N4O3. The molecule has 1 aromatic heterocycles. The summed E-state index contributed by atoms with van der Waals surface area (Å²) >= 11 is 0.